The first-order valence-corrected chi connectivity index (χ1v) is 6.89. The molecule has 2 unspecified atom stereocenters. The molecule has 2 amide bonds. The number of hydrogen-bond donors (Lipinski definition) is 1. The summed E-state index contributed by atoms with van der Waals surface area (Å²) in [4.78, 5) is 25.3. The maximum Gasteiger partial charge on any atom is 0.255 e. The number of hydrogen-bond acceptors (Lipinski definition) is 2. The van der Waals surface area contributed by atoms with E-state index >= 15 is 0 Å². The highest BCUT2D eigenvalue weighted by atomic mass is 19.3. The Balaban J connectivity index is 2.18. The Morgan fingerprint density at radius 3 is 2.57 bits per heavy atom. The van der Waals surface area contributed by atoms with Gasteiger partial charge in [-0.3, -0.25) is 9.59 Å². The number of nitrogens with zero attached hydrogens (tertiary/aromatic N) is 1. The molecule has 1 aliphatic rings. The molecule has 1 aromatic carbocycles. The first-order valence-electron chi connectivity index (χ1n) is 6.89. The number of amides is 2. The summed E-state index contributed by atoms with van der Waals surface area (Å²) in [5, 5.41) is 2.64. The normalized spacial score (nSPS) is 23.1. The van der Waals surface area contributed by atoms with Gasteiger partial charge in [0, 0.05) is 18.9 Å². The van der Waals surface area contributed by atoms with Crippen molar-refractivity contribution in [1.29, 1.82) is 0 Å². The molecule has 21 heavy (non-hydrogen) atoms. The first kappa shape index (κ1) is 15.4. The molecule has 114 valence electrons. The van der Waals surface area contributed by atoms with Crippen LogP contribution in [0.5, 0.6) is 0 Å². The molecule has 1 aliphatic heterocycles. The molecule has 6 heteroatoms. The Morgan fingerprint density at radius 1 is 1.29 bits per heavy atom. The lowest BCUT2D eigenvalue weighted by atomic mass is 10.0. The second-order valence-corrected chi connectivity index (χ2v) is 5.24. The molecule has 0 aliphatic carbocycles. The van der Waals surface area contributed by atoms with Crippen LogP contribution in [0.25, 0.3) is 0 Å². The third-order valence-electron chi connectivity index (χ3n) is 3.55. The predicted molar refractivity (Wildman–Crippen MR) is 73.9 cm³/mol. The van der Waals surface area contributed by atoms with Gasteiger partial charge in [0.25, 0.3) is 6.43 Å². The summed E-state index contributed by atoms with van der Waals surface area (Å²) < 4.78 is 25.3. The van der Waals surface area contributed by atoms with E-state index in [2.05, 4.69) is 5.32 Å². The number of carbonyl (C=O) groups is 2. The highest BCUT2D eigenvalue weighted by Gasteiger charge is 2.35. The molecule has 0 bridgehead atoms. The van der Waals surface area contributed by atoms with Crippen molar-refractivity contribution in [3.8, 4) is 0 Å². The van der Waals surface area contributed by atoms with Gasteiger partial charge in [0.2, 0.25) is 11.8 Å². The van der Waals surface area contributed by atoms with Crippen LogP contribution in [0.1, 0.15) is 18.9 Å². The molecule has 1 N–H and O–H groups in total. The summed E-state index contributed by atoms with van der Waals surface area (Å²) in [6.45, 7) is 0.977. The van der Waals surface area contributed by atoms with Crippen molar-refractivity contribution in [2.24, 2.45) is 0 Å². The third kappa shape index (κ3) is 4.00. The maximum absolute atomic E-state index is 12.7. The van der Waals surface area contributed by atoms with E-state index in [1.807, 2.05) is 30.3 Å². The van der Waals surface area contributed by atoms with E-state index in [9.17, 15) is 18.4 Å². The Hall–Kier alpha value is -1.98. The average molecular weight is 296 g/mol. The molecular weight excluding hydrogens is 278 g/mol. The van der Waals surface area contributed by atoms with Crippen LogP contribution >= 0.6 is 0 Å². The smallest absolute Gasteiger partial charge is 0.255 e. The van der Waals surface area contributed by atoms with Crippen molar-refractivity contribution < 1.29 is 18.4 Å². The van der Waals surface area contributed by atoms with Gasteiger partial charge in [0.15, 0.2) is 0 Å². The Bertz CT molecular complexity index is 508. The van der Waals surface area contributed by atoms with Gasteiger partial charge in [-0.25, -0.2) is 8.78 Å². The van der Waals surface area contributed by atoms with Crippen molar-refractivity contribution in [2.75, 3.05) is 6.54 Å². The number of alkyl halides is 2. The largest absolute Gasteiger partial charge is 0.344 e. The molecule has 4 nitrogen and oxygen atoms in total. The fraction of sp³-hybridized carbons (Fsp3) is 0.467. The molecular formula is C15H18F2N2O2. The Labute approximate surface area is 122 Å². The van der Waals surface area contributed by atoms with Gasteiger partial charge in [0.05, 0.1) is 6.54 Å². The van der Waals surface area contributed by atoms with Crippen LogP contribution in [0.3, 0.4) is 0 Å². The maximum atomic E-state index is 12.7. The fourth-order valence-electron chi connectivity index (χ4n) is 2.52. The second kappa shape index (κ2) is 6.65. The van der Waals surface area contributed by atoms with Crippen molar-refractivity contribution in [3.05, 3.63) is 35.9 Å². The third-order valence-corrected chi connectivity index (χ3v) is 3.55. The van der Waals surface area contributed by atoms with Gasteiger partial charge in [-0.1, -0.05) is 30.3 Å². The van der Waals surface area contributed by atoms with Crippen LogP contribution in [-0.4, -0.2) is 41.8 Å². The fourth-order valence-corrected chi connectivity index (χ4v) is 2.52. The molecule has 1 heterocycles. The van der Waals surface area contributed by atoms with Crippen LogP contribution in [0.15, 0.2) is 30.3 Å². The van der Waals surface area contributed by atoms with Crippen molar-refractivity contribution in [2.45, 2.75) is 38.3 Å². The lowest BCUT2D eigenvalue weighted by Gasteiger charge is -2.28. The average Bonchev–Trinajstić information content (AvgIpc) is 2.52. The monoisotopic (exact) mass is 296 g/mol. The lowest BCUT2D eigenvalue weighted by molar-refractivity contribution is -0.136. The van der Waals surface area contributed by atoms with Gasteiger partial charge >= 0.3 is 0 Å². The summed E-state index contributed by atoms with van der Waals surface area (Å²) in [5.41, 5.74) is 0.878. The second-order valence-electron chi connectivity index (χ2n) is 5.24. The molecule has 2 atom stereocenters. The van der Waals surface area contributed by atoms with Gasteiger partial charge in [0.1, 0.15) is 6.04 Å². The van der Waals surface area contributed by atoms with E-state index in [0.717, 1.165) is 10.5 Å². The van der Waals surface area contributed by atoms with Crippen LogP contribution in [-0.2, 0) is 16.0 Å². The molecule has 2 rings (SSSR count). The topological polar surface area (TPSA) is 49.4 Å². The number of rotatable bonds is 4. The summed E-state index contributed by atoms with van der Waals surface area (Å²) in [6.07, 6.45) is -2.26. The minimum Gasteiger partial charge on any atom is -0.344 e. The van der Waals surface area contributed by atoms with Crippen LogP contribution < -0.4 is 5.32 Å². The zero-order chi connectivity index (χ0) is 15.4. The van der Waals surface area contributed by atoms with E-state index in [-0.39, 0.29) is 12.3 Å². The minimum atomic E-state index is -2.61. The summed E-state index contributed by atoms with van der Waals surface area (Å²) >= 11 is 0. The van der Waals surface area contributed by atoms with Gasteiger partial charge in [-0.2, -0.15) is 0 Å². The predicted octanol–water partition coefficient (Wildman–Crippen LogP) is 1.60. The van der Waals surface area contributed by atoms with Gasteiger partial charge < -0.3 is 10.2 Å². The molecule has 1 fully saturated rings. The van der Waals surface area contributed by atoms with Gasteiger partial charge in [-0.05, 0) is 12.5 Å². The molecule has 0 saturated carbocycles. The van der Waals surface area contributed by atoms with E-state index in [1.54, 1.807) is 6.92 Å². The highest BCUT2D eigenvalue weighted by Crippen LogP contribution is 2.16. The zero-order valence-corrected chi connectivity index (χ0v) is 11.8. The first-order chi connectivity index (χ1) is 9.97. The van der Waals surface area contributed by atoms with Crippen LogP contribution in [0, 0.1) is 0 Å². The molecule has 0 aromatic heterocycles. The molecule has 1 saturated heterocycles. The molecule has 1 aromatic rings. The molecule has 0 spiro atoms. The zero-order valence-electron chi connectivity index (χ0n) is 11.8. The van der Waals surface area contributed by atoms with E-state index < -0.39 is 31.0 Å². The van der Waals surface area contributed by atoms with Crippen molar-refractivity contribution in [3.63, 3.8) is 0 Å². The van der Waals surface area contributed by atoms with Gasteiger partial charge in [-0.15, -0.1) is 0 Å². The number of carbonyl (C=O) groups excluding carboxylic acids is 2. The van der Waals surface area contributed by atoms with Crippen LogP contribution in [0.2, 0.25) is 0 Å². The SMILES string of the molecule is CC1CC(=O)NC(Cc2ccccc2)C(=O)N1CC(F)F. The molecule has 0 radical (unpaired) electrons. The van der Waals surface area contributed by atoms with Crippen LogP contribution in [0.4, 0.5) is 8.78 Å². The quantitative estimate of drug-likeness (QED) is 0.917. The Kier molecular flexibility index (Phi) is 4.88. The number of halogens is 2. The highest BCUT2D eigenvalue weighted by molar-refractivity contribution is 5.90. The van der Waals surface area contributed by atoms with E-state index in [0.29, 0.717) is 6.42 Å². The van der Waals surface area contributed by atoms with Crippen molar-refractivity contribution >= 4 is 11.8 Å². The van der Waals surface area contributed by atoms with E-state index in [4.69, 9.17) is 0 Å². The van der Waals surface area contributed by atoms with E-state index in [1.165, 1.54) is 0 Å². The number of nitrogens with one attached hydrogen (secondary N) is 1. The summed E-state index contributed by atoms with van der Waals surface area (Å²) in [7, 11) is 0. The summed E-state index contributed by atoms with van der Waals surface area (Å²) in [5.74, 6) is -0.731. The Morgan fingerprint density at radius 2 is 1.95 bits per heavy atom. The van der Waals surface area contributed by atoms with Crippen molar-refractivity contribution in [1.82, 2.24) is 10.2 Å². The summed E-state index contributed by atoms with van der Waals surface area (Å²) in [6, 6.07) is 7.88. The lowest BCUT2D eigenvalue weighted by Crippen LogP contribution is -2.48. The standard InChI is InChI=1S/C15H18F2N2O2/c1-10-7-14(20)18-12(8-11-5-3-2-4-6-11)15(21)19(10)9-13(16)17/h2-6,10,12-13H,7-9H2,1H3,(H,18,20). The number of benzene rings is 1. The minimum absolute atomic E-state index is 0.0454.